The van der Waals surface area contributed by atoms with E-state index in [0.717, 1.165) is 11.3 Å². The molecule has 22 heavy (non-hydrogen) atoms. The van der Waals surface area contributed by atoms with E-state index in [1.807, 2.05) is 24.3 Å². The van der Waals surface area contributed by atoms with Gasteiger partial charge in [0.2, 0.25) is 0 Å². The summed E-state index contributed by atoms with van der Waals surface area (Å²) in [4.78, 5) is 25.0. The Morgan fingerprint density at radius 1 is 1.14 bits per heavy atom. The fourth-order valence-electron chi connectivity index (χ4n) is 2.90. The molecule has 2 aromatic rings. The third-order valence-electron chi connectivity index (χ3n) is 3.99. The van der Waals surface area contributed by atoms with Crippen LogP contribution in [0.2, 0.25) is 0 Å². The minimum atomic E-state index is -0.427. The highest BCUT2D eigenvalue weighted by molar-refractivity contribution is 6.11. The Morgan fingerprint density at radius 3 is 2.55 bits per heavy atom. The van der Waals surface area contributed by atoms with Gasteiger partial charge in [-0.25, -0.2) is 0 Å². The molecule has 5 nitrogen and oxygen atoms in total. The van der Waals surface area contributed by atoms with Crippen molar-refractivity contribution in [3.63, 3.8) is 0 Å². The third kappa shape index (κ3) is 2.15. The maximum absolute atomic E-state index is 12.7. The van der Waals surface area contributed by atoms with Gasteiger partial charge in [0.25, 0.3) is 11.6 Å². The maximum atomic E-state index is 12.7. The lowest BCUT2D eigenvalue weighted by molar-refractivity contribution is -0.385. The molecule has 3 rings (SSSR count). The number of carbonyl (C=O) groups is 1. The molecule has 0 N–H and O–H groups in total. The first-order chi connectivity index (χ1) is 10.5. The lowest BCUT2D eigenvalue weighted by atomic mass is 10.0. The van der Waals surface area contributed by atoms with E-state index in [4.69, 9.17) is 0 Å². The smallest absolute Gasteiger partial charge is 0.275 e. The van der Waals surface area contributed by atoms with Gasteiger partial charge in [-0.2, -0.15) is 0 Å². The molecule has 0 unspecified atom stereocenters. The molecule has 1 amide bonds. The van der Waals surface area contributed by atoms with Crippen LogP contribution in [0, 0.1) is 10.1 Å². The van der Waals surface area contributed by atoms with Gasteiger partial charge >= 0.3 is 0 Å². The van der Waals surface area contributed by atoms with Gasteiger partial charge in [-0.1, -0.05) is 38.1 Å². The van der Waals surface area contributed by atoms with E-state index < -0.39 is 4.92 Å². The van der Waals surface area contributed by atoms with Gasteiger partial charge < -0.3 is 4.90 Å². The molecule has 5 heteroatoms. The molecule has 1 aliphatic rings. The summed E-state index contributed by atoms with van der Waals surface area (Å²) in [6.45, 7) is 4.37. The molecular formula is C17H16N2O3. The van der Waals surface area contributed by atoms with Crippen molar-refractivity contribution >= 4 is 17.3 Å². The lowest BCUT2D eigenvalue weighted by Crippen LogP contribution is -2.24. The summed E-state index contributed by atoms with van der Waals surface area (Å²) in [5, 5.41) is 11.2. The van der Waals surface area contributed by atoms with E-state index in [2.05, 4.69) is 13.8 Å². The minimum Gasteiger partial charge on any atom is -0.303 e. The summed E-state index contributed by atoms with van der Waals surface area (Å²) in [6, 6.07) is 12.4. The zero-order valence-corrected chi connectivity index (χ0v) is 12.4. The Hall–Kier alpha value is -2.69. The molecule has 0 radical (unpaired) electrons. The van der Waals surface area contributed by atoms with Gasteiger partial charge in [0.15, 0.2) is 0 Å². The average Bonchev–Trinajstić information content (AvgIpc) is 2.84. The van der Waals surface area contributed by atoms with Crippen LogP contribution >= 0.6 is 0 Å². The highest BCUT2D eigenvalue weighted by Gasteiger charge is 2.34. The second-order valence-corrected chi connectivity index (χ2v) is 5.67. The van der Waals surface area contributed by atoms with Crippen LogP contribution in [-0.4, -0.2) is 10.8 Å². The van der Waals surface area contributed by atoms with Crippen molar-refractivity contribution in [1.82, 2.24) is 0 Å². The molecule has 0 saturated carbocycles. The lowest BCUT2D eigenvalue weighted by Gasteiger charge is -2.21. The predicted octanol–water partition coefficient (Wildman–Crippen LogP) is 3.88. The quantitative estimate of drug-likeness (QED) is 0.638. The van der Waals surface area contributed by atoms with E-state index in [1.54, 1.807) is 17.0 Å². The first-order valence-electron chi connectivity index (χ1n) is 7.17. The highest BCUT2D eigenvalue weighted by Crippen LogP contribution is 2.36. The summed E-state index contributed by atoms with van der Waals surface area (Å²) in [5.74, 6) is 0.0921. The normalized spacial score (nSPS) is 13.6. The SMILES string of the molecule is CC(C)c1ccccc1N1Cc2c(cccc2[N+](=O)[O-])C1=O. The molecule has 2 aromatic carbocycles. The number of hydrogen-bond acceptors (Lipinski definition) is 3. The molecule has 0 saturated heterocycles. The molecule has 0 atom stereocenters. The van der Waals surface area contributed by atoms with Gasteiger partial charge in [-0.3, -0.25) is 14.9 Å². The van der Waals surface area contributed by atoms with Crippen LogP contribution in [0.25, 0.3) is 0 Å². The molecule has 0 fully saturated rings. The largest absolute Gasteiger partial charge is 0.303 e. The topological polar surface area (TPSA) is 63.4 Å². The number of rotatable bonds is 3. The molecule has 1 aliphatic heterocycles. The second kappa shape index (κ2) is 5.26. The Bertz CT molecular complexity index is 768. The molecule has 0 spiro atoms. The van der Waals surface area contributed by atoms with E-state index in [0.29, 0.717) is 11.1 Å². The number of hydrogen-bond donors (Lipinski definition) is 0. The van der Waals surface area contributed by atoms with Crippen molar-refractivity contribution in [1.29, 1.82) is 0 Å². The number of benzene rings is 2. The Balaban J connectivity index is 2.09. The van der Waals surface area contributed by atoms with Crippen LogP contribution in [0.5, 0.6) is 0 Å². The number of nitrogens with zero attached hydrogens (tertiary/aromatic N) is 2. The number of amides is 1. The molecule has 1 heterocycles. The van der Waals surface area contributed by atoms with E-state index in [-0.39, 0.29) is 24.1 Å². The number of carbonyl (C=O) groups excluding carboxylic acids is 1. The molecule has 0 aliphatic carbocycles. The average molecular weight is 296 g/mol. The van der Waals surface area contributed by atoms with E-state index in [1.165, 1.54) is 6.07 Å². The monoisotopic (exact) mass is 296 g/mol. The van der Waals surface area contributed by atoms with Crippen LogP contribution in [0.3, 0.4) is 0 Å². The van der Waals surface area contributed by atoms with Crippen molar-refractivity contribution in [2.24, 2.45) is 0 Å². The third-order valence-corrected chi connectivity index (χ3v) is 3.99. The highest BCUT2D eigenvalue weighted by atomic mass is 16.6. The zero-order valence-electron chi connectivity index (χ0n) is 12.4. The van der Waals surface area contributed by atoms with Gasteiger partial charge in [-0.15, -0.1) is 0 Å². The number of para-hydroxylation sites is 1. The van der Waals surface area contributed by atoms with Crippen molar-refractivity contribution in [2.45, 2.75) is 26.3 Å². The Kier molecular flexibility index (Phi) is 3.41. The summed E-state index contributed by atoms with van der Waals surface area (Å²) in [7, 11) is 0. The summed E-state index contributed by atoms with van der Waals surface area (Å²) in [6.07, 6.45) is 0. The van der Waals surface area contributed by atoms with Gasteiger partial charge in [0.1, 0.15) is 0 Å². The van der Waals surface area contributed by atoms with Crippen molar-refractivity contribution < 1.29 is 9.72 Å². The Labute approximate surface area is 128 Å². The molecular weight excluding hydrogens is 280 g/mol. The van der Waals surface area contributed by atoms with Crippen molar-refractivity contribution in [2.75, 3.05) is 4.90 Å². The fourth-order valence-corrected chi connectivity index (χ4v) is 2.90. The van der Waals surface area contributed by atoms with Crippen molar-refractivity contribution in [3.8, 4) is 0 Å². The number of anilines is 1. The molecule has 0 aromatic heterocycles. The summed E-state index contributed by atoms with van der Waals surface area (Å²) < 4.78 is 0. The number of fused-ring (bicyclic) bond motifs is 1. The van der Waals surface area contributed by atoms with Crippen LogP contribution in [0.15, 0.2) is 42.5 Å². The van der Waals surface area contributed by atoms with Crippen LogP contribution in [-0.2, 0) is 6.54 Å². The first-order valence-corrected chi connectivity index (χ1v) is 7.17. The predicted molar refractivity (Wildman–Crippen MR) is 84.1 cm³/mol. The maximum Gasteiger partial charge on any atom is 0.275 e. The van der Waals surface area contributed by atoms with Crippen LogP contribution in [0.4, 0.5) is 11.4 Å². The van der Waals surface area contributed by atoms with E-state index >= 15 is 0 Å². The van der Waals surface area contributed by atoms with Gasteiger partial charge in [-0.05, 0) is 23.6 Å². The number of nitro groups is 1. The van der Waals surface area contributed by atoms with Crippen LogP contribution in [0.1, 0.15) is 41.3 Å². The van der Waals surface area contributed by atoms with Crippen LogP contribution < -0.4 is 4.90 Å². The Morgan fingerprint density at radius 2 is 1.86 bits per heavy atom. The second-order valence-electron chi connectivity index (χ2n) is 5.67. The van der Waals surface area contributed by atoms with Crippen molar-refractivity contribution in [3.05, 3.63) is 69.3 Å². The first kappa shape index (κ1) is 14.3. The molecule has 112 valence electrons. The zero-order chi connectivity index (χ0) is 15.9. The fraction of sp³-hybridized carbons (Fsp3) is 0.235. The summed E-state index contributed by atoms with van der Waals surface area (Å²) in [5.41, 5.74) is 2.82. The van der Waals surface area contributed by atoms with E-state index in [9.17, 15) is 14.9 Å². The minimum absolute atomic E-state index is 0.00961. The molecule has 0 bridgehead atoms. The van der Waals surface area contributed by atoms with Gasteiger partial charge in [0, 0.05) is 11.8 Å². The van der Waals surface area contributed by atoms with Gasteiger partial charge in [0.05, 0.1) is 22.6 Å². The summed E-state index contributed by atoms with van der Waals surface area (Å²) >= 11 is 0. The number of nitro benzene ring substituents is 1. The standard InChI is InChI=1S/C17H16N2O3/c1-11(2)12-6-3-4-8-15(12)18-10-14-13(17(18)20)7-5-9-16(14)19(21)22/h3-9,11H,10H2,1-2H3.